The van der Waals surface area contributed by atoms with Gasteiger partial charge in [0.15, 0.2) is 0 Å². The van der Waals surface area contributed by atoms with Crippen molar-refractivity contribution >= 4 is 17.4 Å². The summed E-state index contributed by atoms with van der Waals surface area (Å²) in [5, 5.41) is 6.61. The lowest BCUT2D eigenvalue weighted by molar-refractivity contribution is -0.135. The molecule has 1 aliphatic rings. The summed E-state index contributed by atoms with van der Waals surface area (Å²) in [4.78, 5) is 21.9. The standard InChI is InChI=1S/C17H16FN3O2/c1-11-7-8-19-15(9-11)20-16(22)17(2)10-14(21-23-17)12-5-3-4-6-13(12)18/h3-9H,10H2,1-2H3,(H,19,20,22)/t17-/m1/s1. The molecule has 0 fully saturated rings. The van der Waals surface area contributed by atoms with E-state index >= 15 is 0 Å². The fourth-order valence-electron chi connectivity index (χ4n) is 2.35. The third-order valence-electron chi connectivity index (χ3n) is 3.68. The fraction of sp³-hybridized carbons (Fsp3) is 0.235. The molecule has 2 heterocycles. The minimum atomic E-state index is -1.19. The van der Waals surface area contributed by atoms with Gasteiger partial charge in [0.05, 0.1) is 5.71 Å². The molecular weight excluding hydrogens is 297 g/mol. The van der Waals surface area contributed by atoms with E-state index in [-0.39, 0.29) is 18.1 Å². The summed E-state index contributed by atoms with van der Waals surface area (Å²) in [7, 11) is 0. The Kier molecular flexibility index (Phi) is 3.82. The highest BCUT2D eigenvalue weighted by molar-refractivity contribution is 6.07. The molecule has 0 radical (unpaired) electrons. The van der Waals surface area contributed by atoms with Crippen LogP contribution in [0.5, 0.6) is 0 Å². The molecule has 1 N–H and O–H groups in total. The number of oxime groups is 1. The SMILES string of the molecule is Cc1ccnc(NC(=O)[C@@]2(C)CC(c3ccccc3F)=NO2)c1. The molecule has 23 heavy (non-hydrogen) atoms. The number of rotatable bonds is 3. The predicted octanol–water partition coefficient (Wildman–Crippen LogP) is 3.05. The average molecular weight is 313 g/mol. The second kappa shape index (κ2) is 5.79. The molecule has 0 bridgehead atoms. The van der Waals surface area contributed by atoms with E-state index in [1.165, 1.54) is 6.07 Å². The number of halogens is 1. The Balaban J connectivity index is 1.74. The largest absolute Gasteiger partial charge is 0.379 e. The number of anilines is 1. The molecule has 0 spiro atoms. The first kappa shape index (κ1) is 15.1. The molecule has 3 rings (SSSR count). The van der Waals surface area contributed by atoms with Crippen LogP contribution in [0.25, 0.3) is 0 Å². The first-order valence-corrected chi connectivity index (χ1v) is 7.22. The second-order valence-electron chi connectivity index (χ2n) is 5.69. The second-order valence-corrected chi connectivity index (χ2v) is 5.69. The molecule has 0 saturated heterocycles. The van der Waals surface area contributed by atoms with Gasteiger partial charge < -0.3 is 10.2 Å². The minimum Gasteiger partial charge on any atom is -0.379 e. The van der Waals surface area contributed by atoms with Gasteiger partial charge in [0, 0.05) is 18.2 Å². The Morgan fingerprint density at radius 2 is 2.13 bits per heavy atom. The molecule has 0 saturated carbocycles. The monoisotopic (exact) mass is 313 g/mol. The molecule has 1 aromatic carbocycles. The molecule has 5 nitrogen and oxygen atoms in total. The van der Waals surface area contributed by atoms with Crippen molar-refractivity contribution in [2.24, 2.45) is 5.16 Å². The number of nitrogens with zero attached hydrogens (tertiary/aromatic N) is 2. The zero-order chi connectivity index (χ0) is 16.4. The molecule has 1 aromatic heterocycles. The van der Waals surface area contributed by atoms with E-state index in [9.17, 15) is 9.18 Å². The number of hydrogen-bond donors (Lipinski definition) is 1. The van der Waals surface area contributed by atoms with Crippen molar-refractivity contribution in [3.05, 3.63) is 59.5 Å². The maximum atomic E-state index is 13.8. The number of aromatic nitrogens is 1. The molecule has 2 aromatic rings. The summed E-state index contributed by atoms with van der Waals surface area (Å²) in [6, 6.07) is 9.88. The van der Waals surface area contributed by atoms with Crippen molar-refractivity contribution in [1.82, 2.24) is 4.98 Å². The Morgan fingerprint density at radius 1 is 1.35 bits per heavy atom. The molecule has 1 amide bonds. The molecule has 0 unspecified atom stereocenters. The lowest BCUT2D eigenvalue weighted by atomic mass is 9.95. The zero-order valence-electron chi connectivity index (χ0n) is 12.8. The lowest BCUT2D eigenvalue weighted by Gasteiger charge is -2.20. The smallest absolute Gasteiger partial charge is 0.272 e. The Bertz CT molecular complexity index is 791. The Labute approximate surface area is 133 Å². The van der Waals surface area contributed by atoms with Crippen molar-refractivity contribution in [2.45, 2.75) is 25.9 Å². The van der Waals surface area contributed by atoms with E-state index < -0.39 is 5.60 Å². The van der Waals surface area contributed by atoms with E-state index in [0.29, 0.717) is 17.1 Å². The molecule has 6 heteroatoms. The van der Waals surface area contributed by atoms with Crippen molar-refractivity contribution in [2.75, 3.05) is 5.32 Å². The molecule has 1 atom stereocenters. The van der Waals surface area contributed by atoms with Crippen LogP contribution in [0.15, 0.2) is 47.8 Å². The lowest BCUT2D eigenvalue weighted by Crippen LogP contribution is -2.40. The van der Waals surface area contributed by atoms with Gasteiger partial charge in [0.25, 0.3) is 5.91 Å². The number of carbonyl (C=O) groups is 1. The average Bonchev–Trinajstić information content (AvgIpc) is 2.91. The maximum absolute atomic E-state index is 13.8. The fourth-order valence-corrected chi connectivity index (χ4v) is 2.35. The highest BCUT2D eigenvalue weighted by atomic mass is 19.1. The summed E-state index contributed by atoms with van der Waals surface area (Å²) in [5.74, 6) is -0.315. The highest BCUT2D eigenvalue weighted by Crippen LogP contribution is 2.28. The molecule has 0 aliphatic carbocycles. The number of pyridine rings is 1. The van der Waals surface area contributed by atoms with Crippen LogP contribution in [0.1, 0.15) is 24.5 Å². The van der Waals surface area contributed by atoms with Crippen LogP contribution >= 0.6 is 0 Å². The maximum Gasteiger partial charge on any atom is 0.272 e. The van der Waals surface area contributed by atoms with E-state index in [4.69, 9.17) is 4.84 Å². The van der Waals surface area contributed by atoms with Gasteiger partial charge in [0.2, 0.25) is 5.60 Å². The van der Waals surface area contributed by atoms with Crippen LogP contribution in [-0.4, -0.2) is 22.2 Å². The minimum absolute atomic E-state index is 0.186. The number of aryl methyl sites for hydroxylation is 1. The normalized spacial score (nSPS) is 19.9. The number of amides is 1. The third-order valence-corrected chi connectivity index (χ3v) is 3.68. The number of hydrogen-bond acceptors (Lipinski definition) is 4. The summed E-state index contributed by atoms with van der Waals surface area (Å²) in [5.41, 5.74) is 0.551. The van der Waals surface area contributed by atoms with Gasteiger partial charge in [-0.05, 0) is 37.6 Å². The quantitative estimate of drug-likeness (QED) is 0.947. The summed E-state index contributed by atoms with van der Waals surface area (Å²) >= 11 is 0. The zero-order valence-corrected chi connectivity index (χ0v) is 12.8. The van der Waals surface area contributed by atoms with Crippen LogP contribution < -0.4 is 5.32 Å². The third kappa shape index (κ3) is 3.06. The molecule has 118 valence electrons. The van der Waals surface area contributed by atoms with Gasteiger partial charge in [-0.3, -0.25) is 4.79 Å². The van der Waals surface area contributed by atoms with Crippen LogP contribution in [0.4, 0.5) is 10.2 Å². The Morgan fingerprint density at radius 3 is 2.87 bits per heavy atom. The van der Waals surface area contributed by atoms with Crippen molar-refractivity contribution < 1.29 is 14.0 Å². The van der Waals surface area contributed by atoms with Gasteiger partial charge >= 0.3 is 0 Å². The predicted molar refractivity (Wildman–Crippen MR) is 84.6 cm³/mol. The molecular formula is C17H16FN3O2. The van der Waals surface area contributed by atoms with Crippen LogP contribution in [0, 0.1) is 12.7 Å². The molecule has 1 aliphatic heterocycles. The summed E-state index contributed by atoms with van der Waals surface area (Å²) in [6.45, 7) is 3.53. The number of benzene rings is 1. The van der Waals surface area contributed by atoms with Crippen molar-refractivity contribution in [3.63, 3.8) is 0 Å². The summed E-state index contributed by atoms with van der Waals surface area (Å²) in [6.07, 6.45) is 1.80. The van der Waals surface area contributed by atoms with Crippen molar-refractivity contribution in [1.29, 1.82) is 0 Å². The van der Waals surface area contributed by atoms with E-state index in [2.05, 4.69) is 15.5 Å². The van der Waals surface area contributed by atoms with Crippen LogP contribution in [0.2, 0.25) is 0 Å². The van der Waals surface area contributed by atoms with Gasteiger partial charge in [-0.2, -0.15) is 0 Å². The first-order chi connectivity index (χ1) is 11.0. The van der Waals surface area contributed by atoms with E-state index in [1.54, 1.807) is 37.4 Å². The van der Waals surface area contributed by atoms with E-state index in [0.717, 1.165) is 5.56 Å². The number of nitrogens with one attached hydrogen (secondary N) is 1. The number of carbonyl (C=O) groups excluding carboxylic acids is 1. The van der Waals surface area contributed by atoms with Crippen LogP contribution in [0.3, 0.4) is 0 Å². The van der Waals surface area contributed by atoms with E-state index in [1.807, 2.05) is 13.0 Å². The highest BCUT2D eigenvalue weighted by Gasteiger charge is 2.42. The topological polar surface area (TPSA) is 63.6 Å². The Hall–Kier alpha value is -2.76. The van der Waals surface area contributed by atoms with Gasteiger partial charge in [-0.15, -0.1) is 0 Å². The van der Waals surface area contributed by atoms with Crippen LogP contribution in [-0.2, 0) is 9.63 Å². The van der Waals surface area contributed by atoms with Crippen molar-refractivity contribution in [3.8, 4) is 0 Å². The van der Waals surface area contributed by atoms with Gasteiger partial charge in [-0.25, -0.2) is 9.37 Å². The van der Waals surface area contributed by atoms with Gasteiger partial charge in [-0.1, -0.05) is 23.4 Å². The summed E-state index contributed by atoms with van der Waals surface area (Å²) < 4.78 is 13.8. The van der Waals surface area contributed by atoms with Gasteiger partial charge in [0.1, 0.15) is 11.6 Å². The first-order valence-electron chi connectivity index (χ1n) is 7.22.